The minimum atomic E-state index is 0.509. The highest BCUT2D eigenvalue weighted by atomic mass is 16.5. The first-order valence-corrected chi connectivity index (χ1v) is 10.5. The van der Waals surface area contributed by atoms with Crippen molar-refractivity contribution in [3.63, 3.8) is 0 Å². The number of pyridine rings is 1. The zero-order valence-electron chi connectivity index (χ0n) is 18.8. The zero-order chi connectivity index (χ0) is 23.0. The summed E-state index contributed by atoms with van der Waals surface area (Å²) in [6.45, 7) is 1.15. The van der Waals surface area contributed by atoms with Gasteiger partial charge in [0.2, 0.25) is 0 Å². The van der Waals surface area contributed by atoms with Crippen molar-refractivity contribution in [2.75, 3.05) is 39.8 Å². The van der Waals surface area contributed by atoms with Crippen molar-refractivity contribution in [1.82, 2.24) is 4.98 Å². The molecular formula is C26H26N2O5. The number of fused-ring (bicyclic) bond motifs is 1. The topological polar surface area (TPSA) is 71.1 Å². The molecule has 0 bridgehead atoms. The number of hydrogen-bond donors (Lipinski definition) is 1. The molecule has 33 heavy (non-hydrogen) atoms. The summed E-state index contributed by atoms with van der Waals surface area (Å²) >= 11 is 0. The maximum atomic E-state index is 6.11. The number of anilines is 1. The number of hydrogen-bond acceptors (Lipinski definition) is 7. The number of nitrogens with one attached hydrogen (secondary N) is 1. The van der Waals surface area contributed by atoms with E-state index in [0.29, 0.717) is 36.1 Å². The molecule has 0 aliphatic rings. The molecule has 0 amide bonds. The predicted octanol–water partition coefficient (Wildman–Crippen LogP) is 5.54. The van der Waals surface area contributed by atoms with Crippen LogP contribution in [0.4, 0.5) is 5.69 Å². The second-order valence-electron chi connectivity index (χ2n) is 7.08. The van der Waals surface area contributed by atoms with Crippen molar-refractivity contribution >= 4 is 16.6 Å². The lowest BCUT2D eigenvalue weighted by atomic mass is 10.2. The maximum Gasteiger partial charge on any atom is 0.162 e. The largest absolute Gasteiger partial charge is 0.495 e. The van der Waals surface area contributed by atoms with Crippen LogP contribution in [0.2, 0.25) is 0 Å². The third-order valence-corrected chi connectivity index (χ3v) is 5.05. The van der Waals surface area contributed by atoms with E-state index in [-0.39, 0.29) is 0 Å². The van der Waals surface area contributed by atoms with Crippen LogP contribution in [-0.4, -0.2) is 39.5 Å². The van der Waals surface area contributed by atoms with Crippen LogP contribution in [0, 0.1) is 0 Å². The van der Waals surface area contributed by atoms with E-state index in [2.05, 4.69) is 10.3 Å². The molecule has 4 rings (SSSR count). The summed E-state index contributed by atoms with van der Waals surface area (Å²) in [7, 11) is 4.86. The molecule has 170 valence electrons. The number of aromatic nitrogens is 1. The van der Waals surface area contributed by atoms with E-state index in [0.717, 1.165) is 28.1 Å². The Morgan fingerprint density at radius 1 is 0.727 bits per heavy atom. The van der Waals surface area contributed by atoms with Crippen LogP contribution < -0.4 is 29.0 Å². The first-order chi connectivity index (χ1) is 16.2. The Hall–Kier alpha value is -4.13. The van der Waals surface area contributed by atoms with Gasteiger partial charge in [-0.1, -0.05) is 12.1 Å². The first kappa shape index (κ1) is 22.1. The average Bonchev–Trinajstić information content (AvgIpc) is 2.87. The molecule has 0 spiro atoms. The molecule has 7 heteroatoms. The van der Waals surface area contributed by atoms with Gasteiger partial charge < -0.3 is 29.0 Å². The van der Waals surface area contributed by atoms with Crippen molar-refractivity contribution in [2.45, 2.75) is 0 Å². The predicted molar refractivity (Wildman–Crippen MR) is 128 cm³/mol. The molecular weight excluding hydrogens is 420 g/mol. The number of ether oxygens (including phenoxy) is 5. The minimum absolute atomic E-state index is 0.509. The number of methoxy groups -OCH3 is 3. The molecule has 0 radical (unpaired) electrons. The molecule has 0 atom stereocenters. The zero-order valence-corrected chi connectivity index (χ0v) is 18.8. The Balaban J connectivity index is 1.38. The summed E-state index contributed by atoms with van der Waals surface area (Å²) in [5.74, 6) is 4.17. The first-order valence-electron chi connectivity index (χ1n) is 10.5. The van der Waals surface area contributed by atoms with Gasteiger partial charge in [0.1, 0.15) is 29.6 Å². The Morgan fingerprint density at radius 3 is 2.18 bits per heavy atom. The quantitative estimate of drug-likeness (QED) is 0.321. The Morgan fingerprint density at radius 2 is 1.42 bits per heavy atom. The molecule has 0 saturated heterocycles. The molecule has 0 saturated carbocycles. The van der Waals surface area contributed by atoms with Gasteiger partial charge in [-0.3, -0.25) is 4.98 Å². The summed E-state index contributed by atoms with van der Waals surface area (Å²) in [5, 5.41) is 4.14. The third kappa shape index (κ3) is 5.20. The van der Waals surface area contributed by atoms with Crippen LogP contribution in [0.25, 0.3) is 10.9 Å². The maximum absolute atomic E-state index is 6.11. The van der Waals surface area contributed by atoms with Gasteiger partial charge in [0.15, 0.2) is 11.5 Å². The summed E-state index contributed by atoms with van der Waals surface area (Å²) in [6.07, 6.45) is 1.70. The molecule has 0 fully saturated rings. The molecule has 3 aromatic carbocycles. The smallest absolute Gasteiger partial charge is 0.162 e. The van der Waals surface area contributed by atoms with Gasteiger partial charge >= 0.3 is 0 Å². The fourth-order valence-electron chi connectivity index (χ4n) is 3.41. The highest BCUT2D eigenvalue weighted by Gasteiger charge is 2.11. The van der Waals surface area contributed by atoms with Crippen molar-refractivity contribution in [2.24, 2.45) is 0 Å². The van der Waals surface area contributed by atoms with Gasteiger partial charge in [0.25, 0.3) is 0 Å². The Labute approximate surface area is 192 Å². The third-order valence-electron chi connectivity index (χ3n) is 5.05. The molecule has 1 aromatic heterocycles. The van der Waals surface area contributed by atoms with E-state index in [1.165, 1.54) is 0 Å². The van der Waals surface area contributed by atoms with E-state index >= 15 is 0 Å². The standard InChI is InChI=1S/C26H26N2O5/c1-29-24-7-5-4-6-21(24)28-14-15-32-18-8-10-19(11-9-18)33-23-12-13-27-22-17-26(31-3)25(30-2)16-20(22)23/h4-13,16-17,28H,14-15H2,1-3H3. The van der Waals surface area contributed by atoms with Gasteiger partial charge in [-0.25, -0.2) is 0 Å². The van der Waals surface area contributed by atoms with Crippen LogP contribution in [0.3, 0.4) is 0 Å². The van der Waals surface area contributed by atoms with E-state index in [4.69, 9.17) is 23.7 Å². The summed E-state index contributed by atoms with van der Waals surface area (Å²) < 4.78 is 28.1. The van der Waals surface area contributed by atoms with E-state index in [1.54, 1.807) is 27.5 Å². The average molecular weight is 447 g/mol. The lowest BCUT2D eigenvalue weighted by Crippen LogP contribution is -2.12. The molecule has 0 aliphatic carbocycles. The lowest BCUT2D eigenvalue weighted by molar-refractivity contribution is 0.332. The number of para-hydroxylation sites is 2. The van der Waals surface area contributed by atoms with Crippen LogP contribution in [-0.2, 0) is 0 Å². The lowest BCUT2D eigenvalue weighted by Gasteiger charge is -2.13. The van der Waals surface area contributed by atoms with Crippen molar-refractivity contribution in [3.8, 4) is 34.5 Å². The molecule has 1 N–H and O–H groups in total. The van der Waals surface area contributed by atoms with E-state index < -0.39 is 0 Å². The summed E-state index contributed by atoms with van der Waals surface area (Å²) in [6, 6.07) is 20.8. The van der Waals surface area contributed by atoms with E-state index in [1.807, 2.05) is 66.7 Å². The summed E-state index contributed by atoms with van der Waals surface area (Å²) in [4.78, 5) is 4.41. The fraction of sp³-hybridized carbons (Fsp3) is 0.192. The Kier molecular flexibility index (Phi) is 6.99. The second-order valence-corrected chi connectivity index (χ2v) is 7.08. The molecule has 1 heterocycles. The van der Waals surface area contributed by atoms with Gasteiger partial charge in [0, 0.05) is 24.2 Å². The normalized spacial score (nSPS) is 10.5. The van der Waals surface area contributed by atoms with Gasteiger partial charge in [-0.15, -0.1) is 0 Å². The molecule has 0 unspecified atom stereocenters. The second kappa shape index (κ2) is 10.5. The number of nitrogens with zero attached hydrogens (tertiary/aromatic N) is 1. The molecule has 4 aromatic rings. The minimum Gasteiger partial charge on any atom is -0.495 e. The van der Waals surface area contributed by atoms with E-state index in [9.17, 15) is 0 Å². The van der Waals surface area contributed by atoms with Gasteiger partial charge in [-0.05, 0) is 48.5 Å². The SMILES string of the molecule is COc1ccccc1NCCOc1ccc(Oc2ccnc3cc(OC)c(OC)cc23)cc1. The molecule has 0 aliphatic heterocycles. The van der Waals surface area contributed by atoms with Crippen LogP contribution in [0.15, 0.2) is 72.9 Å². The van der Waals surface area contributed by atoms with Crippen LogP contribution in [0.5, 0.6) is 34.5 Å². The van der Waals surface area contributed by atoms with Crippen LogP contribution >= 0.6 is 0 Å². The highest BCUT2D eigenvalue weighted by molar-refractivity contribution is 5.88. The van der Waals surface area contributed by atoms with Gasteiger partial charge in [0.05, 0.1) is 32.5 Å². The van der Waals surface area contributed by atoms with Crippen molar-refractivity contribution in [3.05, 3.63) is 72.9 Å². The summed E-state index contributed by atoms with van der Waals surface area (Å²) in [5.41, 5.74) is 1.69. The fourth-order valence-corrected chi connectivity index (χ4v) is 3.41. The Bertz CT molecular complexity index is 1210. The molecule has 7 nitrogen and oxygen atoms in total. The monoisotopic (exact) mass is 446 g/mol. The number of benzene rings is 3. The highest BCUT2D eigenvalue weighted by Crippen LogP contribution is 2.37. The van der Waals surface area contributed by atoms with Crippen molar-refractivity contribution < 1.29 is 23.7 Å². The van der Waals surface area contributed by atoms with Crippen LogP contribution in [0.1, 0.15) is 0 Å². The van der Waals surface area contributed by atoms with Crippen molar-refractivity contribution in [1.29, 1.82) is 0 Å². The van der Waals surface area contributed by atoms with Gasteiger partial charge in [-0.2, -0.15) is 0 Å². The number of rotatable bonds is 10.